The number of hydrogen-bond acceptors (Lipinski definition) is 6. The quantitative estimate of drug-likeness (QED) is 0.112. The van der Waals surface area contributed by atoms with Crippen LogP contribution in [0.1, 0.15) is 28.2 Å². The average molecular weight is 673 g/mol. The average Bonchev–Trinajstić information content (AvgIpc) is 3.84. The first-order chi connectivity index (χ1) is 21.1. The van der Waals surface area contributed by atoms with Gasteiger partial charge in [-0.3, -0.25) is 0 Å². The van der Waals surface area contributed by atoms with E-state index in [9.17, 15) is 0 Å². The predicted molar refractivity (Wildman–Crippen MR) is 203 cm³/mol. The summed E-state index contributed by atoms with van der Waals surface area (Å²) in [6, 6.07) is 34.1. The number of rotatable bonds is 13. The van der Waals surface area contributed by atoms with Crippen LogP contribution in [0.25, 0.3) is 51.5 Å². The number of aryl methyl sites for hydroxylation is 3. The van der Waals surface area contributed by atoms with Crippen LogP contribution in [0.3, 0.4) is 0 Å². The largest absolute Gasteiger partial charge is 0.165 e. The molecule has 0 unspecified atom stereocenters. The molecule has 0 radical (unpaired) electrons. The fraction of sp³-hybridized carbons (Fsp3) is 0.243. The summed E-state index contributed by atoms with van der Waals surface area (Å²) in [5.74, 6) is 2.44. The molecule has 4 heterocycles. The van der Waals surface area contributed by atoms with Crippen molar-refractivity contribution in [2.75, 3.05) is 24.0 Å². The summed E-state index contributed by atoms with van der Waals surface area (Å²) < 4.78 is 0. The molecule has 43 heavy (non-hydrogen) atoms. The van der Waals surface area contributed by atoms with E-state index in [0.717, 1.165) is 6.42 Å². The molecule has 2 aromatic carbocycles. The van der Waals surface area contributed by atoms with E-state index in [0.29, 0.717) is 0 Å². The molecule has 4 aromatic heterocycles. The maximum atomic E-state index is 2.46. The molecule has 0 atom stereocenters. The van der Waals surface area contributed by atoms with E-state index in [1.165, 1.54) is 97.6 Å². The summed E-state index contributed by atoms with van der Waals surface area (Å²) >= 11 is 11.7. The Morgan fingerprint density at radius 3 is 1.63 bits per heavy atom. The minimum absolute atomic E-state index is 1.16. The normalized spacial score (nSPS) is 11.4. The summed E-state index contributed by atoms with van der Waals surface area (Å²) in [5.41, 5.74) is 6.66. The zero-order valence-corrected chi connectivity index (χ0v) is 29.8. The second-order valence-corrected chi connectivity index (χ2v) is 17.0. The Kier molecular flexibility index (Phi) is 10.7. The van der Waals surface area contributed by atoms with E-state index in [1.807, 2.05) is 68.9 Å². The van der Waals surface area contributed by atoms with E-state index < -0.39 is 0 Å². The lowest BCUT2D eigenvalue weighted by Crippen LogP contribution is -1.82. The van der Waals surface area contributed by atoms with Crippen LogP contribution >= 0.6 is 68.9 Å². The van der Waals surface area contributed by atoms with Gasteiger partial charge >= 0.3 is 0 Å². The van der Waals surface area contributed by atoms with Crippen molar-refractivity contribution in [1.29, 1.82) is 0 Å². The van der Waals surface area contributed by atoms with Gasteiger partial charge in [0.05, 0.1) is 9.75 Å². The summed E-state index contributed by atoms with van der Waals surface area (Å²) in [5, 5.41) is 0. The van der Waals surface area contributed by atoms with Crippen molar-refractivity contribution in [3.8, 4) is 51.5 Å². The summed E-state index contributed by atoms with van der Waals surface area (Å²) in [7, 11) is 0. The van der Waals surface area contributed by atoms with Gasteiger partial charge in [0.1, 0.15) is 0 Å². The van der Waals surface area contributed by atoms with Gasteiger partial charge in [0.15, 0.2) is 0 Å². The van der Waals surface area contributed by atoms with Gasteiger partial charge in [-0.15, -0.1) is 45.3 Å². The van der Waals surface area contributed by atoms with Gasteiger partial charge in [-0.2, -0.15) is 23.5 Å². The second-order valence-electron chi connectivity index (χ2n) is 10.6. The molecule has 220 valence electrons. The zero-order valence-electron chi connectivity index (χ0n) is 24.9. The third-order valence-electron chi connectivity index (χ3n) is 7.54. The van der Waals surface area contributed by atoms with Gasteiger partial charge in [0.25, 0.3) is 0 Å². The lowest BCUT2D eigenvalue weighted by atomic mass is 10.00. The monoisotopic (exact) mass is 672 g/mol. The highest BCUT2D eigenvalue weighted by Crippen LogP contribution is 2.51. The van der Waals surface area contributed by atoms with Crippen molar-refractivity contribution < 1.29 is 0 Å². The third kappa shape index (κ3) is 7.27. The van der Waals surface area contributed by atoms with Gasteiger partial charge in [0, 0.05) is 40.4 Å². The molecular formula is C37H36S6. The van der Waals surface area contributed by atoms with Gasteiger partial charge in [0.2, 0.25) is 0 Å². The SMILES string of the molecule is CSCCCc1ccc(-c2sc(-c3cc(-c4ccccc4C)c(-c4ccc(CCCSC)s4)s3)cc2-c2ccccc2)s1. The van der Waals surface area contributed by atoms with Crippen molar-refractivity contribution in [2.24, 2.45) is 0 Å². The van der Waals surface area contributed by atoms with Gasteiger partial charge < -0.3 is 0 Å². The molecule has 0 aliphatic carbocycles. The number of thiophene rings is 4. The Labute approximate surface area is 281 Å². The molecule has 0 nitrogen and oxygen atoms in total. The second kappa shape index (κ2) is 14.8. The zero-order chi connectivity index (χ0) is 29.6. The topological polar surface area (TPSA) is 0 Å². The van der Waals surface area contributed by atoms with Crippen molar-refractivity contribution in [3.63, 3.8) is 0 Å². The Hall–Kier alpha value is -2.06. The minimum atomic E-state index is 1.16. The number of thioether (sulfide) groups is 2. The molecule has 0 aliphatic rings. The Morgan fingerprint density at radius 2 is 1.05 bits per heavy atom. The standard InChI is InChI=1S/C37H36S6/c1-25-11-7-8-16-29(25)31-24-35(43-37(31)33-20-18-28(41-33)15-10-22-39-3)34-23-30(26-12-5-4-6-13-26)36(42-34)32-19-17-27(40-32)14-9-21-38-2/h4-8,11-13,16-20,23-24H,9-10,14-15,21-22H2,1-3H3. The van der Waals surface area contributed by atoms with Crippen molar-refractivity contribution in [3.05, 3.63) is 106 Å². The lowest BCUT2D eigenvalue weighted by molar-refractivity contribution is 0.953. The van der Waals surface area contributed by atoms with Crippen LogP contribution in [0.15, 0.2) is 91.0 Å². The fourth-order valence-electron chi connectivity index (χ4n) is 5.35. The maximum Gasteiger partial charge on any atom is 0.0528 e. The van der Waals surface area contributed by atoms with Crippen LogP contribution in [-0.2, 0) is 12.8 Å². The van der Waals surface area contributed by atoms with Crippen molar-refractivity contribution >= 4 is 68.9 Å². The van der Waals surface area contributed by atoms with Crippen molar-refractivity contribution in [2.45, 2.75) is 32.6 Å². The van der Waals surface area contributed by atoms with Crippen LogP contribution < -0.4 is 0 Å². The highest BCUT2D eigenvalue weighted by atomic mass is 32.2. The Bertz CT molecular complexity index is 1760. The van der Waals surface area contributed by atoms with Crippen LogP contribution in [0, 0.1) is 6.92 Å². The molecule has 6 heteroatoms. The first kappa shape index (κ1) is 30.9. The molecule has 6 aromatic rings. The van der Waals surface area contributed by atoms with E-state index >= 15 is 0 Å². The van der Waals surface area contributed by atoms with Crippen LogP contribution in [0.4, 0.5) is 0 Å². The highest BCUT2D eigenvalue weighted by Gasteiger charge is 2.21. The van der Waals surface area contributed by atoms with Gasteiger partial charge in [-0.25, -0.2) is 0 Å². The summed E-state index contributed by atoms with van der Waals surface area (Å²) in [4.78, 5) is 11.3. The number of hydrogen-bond donors (Lipinski definition) is 0. The predicted octanol–water partition coefficient (Wildman–Crippen LogP) is 13.2. The van der Waals surface area contributed by atoms with E-state index in [2.05, 4.69) is 110 Å². The van der Waals surface area contributed by atoms with E-state index in [-0.39, 0.29) is 0 Å². The molecular weight excluding hydrogens is 637 g/mol. The molecule has 0 saturated carbocycles. The molecule has 0 amide bonds. The Morgan fingerprint density at radius 1 is 0.512 bits per heavy atom. The molecule has 0 saturated heterocycles. The lowest BCUT2D eigenvalue weighted by Gasteiger charge is -2.06. The van der Waals surface area contributed by atoms with E-state index in [1.54, 1.807) is 0 Å². The first-order valence-corrected chi connectivity index (χ1v) is 20.8. The highest BCUT2D eigenvalue weighted by molar-refractivity contribution is 7.98. The van der Waals surface area contributed by atoms with Crippen LogP contribution in [-0.4, -0.2) is 24.0 Å². The fourth-order valence-corrected chi connectivity index (χ4v) is 11.0. The van der Waals surface area contributed by atoms with Gasteiger partial charge in [-0.1, -0.05) is 54.6 Å². The molecule has 0 aliphatic heterocycles. The molecule has 0 spiro atoms. The van der Waals surface area contributed by atoms with Crippen LogP contribution in [0.5, 0.6) is 0 Å². The number of benzene rings is 2. The molecule has 0 bridgehead atoms. The van der Waals surface area contributed by atoms with Gasteiger partial charge in [-0.05, 0) is 110 Å². The smallest absolute Gasteiger partial charge is 0.0528 e. The maximum absolute atomic E-state index is 2.46. The molecule has 6 rings (SSSR count). The first-order valence-electron chi connectivity index (χ1n) is 14.7. The van der Waals surface area contributed by atoms with Crippen molar-refractivity contribution in [1.82, 2.24) is 0 Å². The van der Waals surface area contributed by atoms with E-state index in [4.69, 9.17) is 0 Å². The molecule has 0 N–H and O–H groups in total. The van der Waals surface area contributed by atoms with Crippen LogP contribution in [0.2, 0.25) is 0 Å². The summed E-state index contributed by atoms with van der Waals surface area (Å²) in [6.45, 7) is 2.24. The molecule has 0 fully saturated rings. The Balaban J connectivity index is 1.43. The summed E-state index contributed by atoms with van der Waals surface area (Å²) in [6.07, 6.45) is 9.21. The minimum Gasteiger partial charge on any atom is -0.165 e. The third-order valence-corrected chi connectivity index (χ3v) is 14.1.